The summed E-state index contributed by atoms with van der Waals surface area (Å²) in [4.78, 5) is 4.49. The molecule has 0 saturated carbocycles. The van der Waals surface area contributed by atoms with Gasteiger partial charge in [-0.3, -0.25) is 4.98 Å². The Kier molecular flexibility index (Phi) is 6.34. The first-order valence-electron chi connectivity index (χ1n) is 6.49. The molecule has 0 amide bonds. The third-order valence-electron chi connectivity index (χ3n) is 3.04. The van der Waals surface area contributed by atoms with Gasteiger partial charge in [-0.25, -0.2) is 4.39 Å². The van der Waals surface area contributed by atoms with E-state index < -0.39 is 0 Å². The van der Waals surface area contributed by atoms with Gasteiger partial charge in [-0.2, -0.15) is 0 Å². The fraction of sp³-hybridized carbons (Fsp3) is 0.267. The van der Waals surface area contributed by atoms with Gasteiger partial charge in [0.2, 0.25) is 0 Å². The largest absolute Gasteiger partial charge is 0.309 e. The molecule has 1 unspecified atom stereocenters. The molecular weight excluding hydrogens is 467 g/mol. The first-order chi connectivity index (χ1) is 10.0. The quantitative estimate of drug-likeness (QED) is 0.619. The van der Waals surface area contributed by atoms with Crippen molar-refractivity contribution in [3.8, 4) is 0 Å². The minimum atomic E-state index is -0.248. The van der Waals surface area contributed by atoms with Crippen molar-refractivity contribution in [3.63, 3.8) is 0 Å². The van der Waals surface area contributed by atoms with Gasteiger partial charge in [0, 0.05) is 15.1 Å². The van der Waals surface area contributed by atoms with E-state index in [1.54, 1.807) is 12.3 Å². The van der Waals surface area contributed by atoms with Gasteiger partial charge in [-0.05, 0) is 84.5 Å². The van der Waals surface area contributed by atoms with Crippen LogP contribution in [0.2, 0.25) is 0 Å². The first-order valence-corrected chi connectivity index (χ1v) is 8.87. The second-order valence-corrected chi connectivity index (χ2v) is 7.21. The van der Waals surface area contributed by atoms with Crippen LogP contribution in [0.4, 0.5) is 4.39 Å². The average Bonchev–Trinajstić information content (AvgIpc) is 2.42. The Labute approximate surface area is 148 Å². The molecule has 1 aromatic carbocycles. The zero-order valence-corrected chi connectivity index (χ0v) is 16.1. The predicted octanol–water partition coefficient (Wildman–Crippen LogP) is 5.40. The summed E-state index contributed by atoms with van der Waals surface area (Å²) in [6, 6.07) is 7.14. The Morgan fingerprint density at radius 2 is 1.95 bits per heavy atom. The fourth-order valence-electron chi connectivity index (χ4n) is 2.10. The number of hydrogen-bond donors (Lipinski definition) is 1. The van der Waals surface area contributed by atoms with Gasteiger partial charge in [0.05, 0.1) is 16.2 Å². The van der Waals surface area contributed by atoms with Crippen molar-refractivity contribution in [1.82, 2.24) is 10.3 Å². The maximum Gasteiger partial charge on any atom is 0.137 e. The van der Waals surface area contributed by atoms with E-state index in [-0.39, 0.29) is 11.9 Å². The monoisotopic (exact) mass is 478 g/mol. The van der Waals surface area contributed by atoms with Gasteiger partial charge in [0.1, 0.15) is 5.82 Å². The van der Waals surface area contributed by atoms with Gasteiger partial charge >= 0.3 is 0 Å². The summed E-state index contributed by atoms with van der Waals surface area (Å²) >= 11 is 10.2. The number of nitrogens with zero attached hydrogens (tertiary/aromatic N) is 1. The van der Waals surface area contributed by atoms with Crippen molar-refractivity contribution in [3.05, 3.63) is 61.0 Å². The van der Waals surface area contributed by atoms with Crippen molar-refractivity contribution < 1.29 is 4.39 Å². The standard InChI is InChI=1S/C15H14Br3FN2/c1-2-20-14(15-12(18)7-10(16)8-21-15)6-9-3-4-13(19)11(17)5-9/h3-5,7-8,14,20H,2,6H2,1H3. The molecule has 2 aromatic rings. The lowest BCUT2D eigenvalue weighted by molar-refractivity contribution is 0.533. The second kappa shape index (κ2) is 7.81. The average molecular weight is 481 g/mol. The van der Waals surface area contributed by atoms with E-state index >= 15 is 0 Å². The summed E-state index contributed by atoms with van der Waals surface area (Å²) in [5.41, 5.74) is 1.99. The van der Waals surface area contributed by atoms with Crippen molar-refractivity contribution in [2.24, 2.45) is 0 Å². The number of aromatic nitrogens is 1. The van der Waals surface area contributed by atoms with E-state index in [1.807, 2.05) is 12.1 Å². The number of likely N-dealkylation sites (N-methyl/N-ethyl adjacent to an activating group) is 1. The maximum absolute atomic E-state index is 13.3. The molecule has 2 rings (SSSR count). The van der Waals surface area contributed by atoms with E-state index in [0.717, 1.165) is 33.2 Å². The summed E-state index contributed by atoms with van der Waals surface area (Å²) in [7, 11) is 0. The van der Waals surface area contributed by atoms with Gasteiger partial charge in [-0.1, -0.05) is 13.0 Å². The van der Waals surface area contributed by atoms with E-state index in [2.05, 4.69) is 65.0 Å². The molecule has 1 atom stereocenters. The number of pyridine rings is 1. The minimum Gasteiger partial charge on any atom is -0.309 e. The molecular formula is C15H14Br3FN2. The van der Waals surface area contributed by atoms with E-state index in [9.17, 15) is 4.39 Å². The maximum atomic E-state index is 13.3. The lowest BCUT2D eigenvalue weighted by Crippen LogP contribution is -2.24. The van der Waals surface area contributed by atoms with Crippen molar-refractivity contribution in [1.29, 1.82) is 0 Å². The predicted molar refractivity (Wildman–Crippen MR) is 93.9 cm³/mol. The van der Waals surface area contributed by atoms with Crippen molar-refractivity contribution in [2.45, 2.75) is 19.4 Å². The van der Waals surface area contributed by atoms with E-state index in [4.69, 9.17) is 0 Å². The highest BCUT2D eigenvalue weighted by molar-refractivity contribution is 9.11. The van der Waals surface area contributed by atoms with Crippen LogP contribution >= 0.6 is 47.8 Å². The lowest BCUT2D eigenvalue weighted by atomic mass is 10.0. The zero-order chi connectivity index (χ0) is 15.4. The summed E-state index contributed by atoms with van der Waals surface area (Å²) in [5.74, 6) is -0.248. The first kappa shape index (κ1) is 17.1. The Morgan fingerprint density at radius 3 is 2.57 bits per heavy atom. The molecule has 0 saturated heterocycles. The van der Waals surface area contributed by atoms with Crippen LogP contribution in [0.15, 0.2) is 43.9 Å². The Morgan fingerprint density at radius 1 is 1.19 bits per heavy atom. The molecule has 0 radical (unpaired) electrons. The molecule has 0 bridgehead atoms. The fourth-order valence-corrected chi connectivity index (χ4v) is 3.79. The highest BCUT2D eigenvalue weighted by Gasteiger charge is 2.16. The summed E-state index contributed by atoms with van der Waals surface area (Å²) in [6.07, 6.45) is 2.52. The molecule has 112 valence electrons. The topological polar surface area (TPSA) is 24.9 Å². The number of benzene rings is 1. The van der Waals surface area contributed by atoms with Crippen LogP contribution in [-0.4, -0.2) is 11.5 Å². The molecule has 0 spiro atoms. The van der Waals surface area contributed by atoms with Gasteiger partial charge < -0.3 is 5.32 Å². The molecule has 0 aliphatic heterocycles. The zero-order valence-electron chi connectivity index (χ0n) is 11.3. The Hall–Kier alpha value is -0.300. The van der Waals surface area contributed by atoms with Crippen molar-refractivity contribution >= 4 is 47.8 Å². The number of halogens is 4. The highest BCUT2D eigenvalue weighted by Crippen LogP contribution is 2.28. The third kappa shape index (κ3) is 4.58. The SMILES string of the molecule is CCNC(Cc1ccc(F)c(Br)c1)c1ncc(Br)cc1Br. The van der Waals surface area contributed by atoms with Gasteiger partial charge in [0.15, 0.2) is 0 Å². The minimum absolute atomic E-state index is 0.0647. The molecule has 0 fully saturated rings. The van der Waals surface area contributed by atoms with Crippen molar-refractivity contribution in [2.75, 3.05) is 6.54 Å². The smallest absolute Gasteiger partial charge is 0.137 e. The third-order valence-corrected chi connectivity index (χ3v) is 4.72. The molecule has 6 heteroatoms. The Bertz CT molecular complexity index is 634. The van der Waals surface area contributed by atoms with E-state index in [0.29, 0.717) is 4.47 Å². The summed E-state index contributed by atoms with van der Waals surface area (Å²) < 4.78 is 15.7. The summed E-state index contributed by atoms with van der Waals surface area (Å²) in [6.45, 7) is 2.89. The van der Waals surface area contributed by atoms with Crippen LogP contribution in [0.3, 0.4) is 0 Å². The number of nitrogens with one attached hydrogen (secondary N) is 1. The van der Waals surface area contributed by atoms with Crippen LogP contribution in [-0.2, 0) is 6.42 Å². The van der Waals surface area contributed by atoms with Crippen LogP contribution in [0.25, 0.3) is 0 Å². The molecule has 1 heterocycles. The highest BCUT2D eigenvalue weighted by atomic mass is 79.9. The van der Waals surface area contributed by atoms with Crippen LogP contribution < -0.4 is 5.32 Å². The van der Waals surface area contributed by atoms with Crippen LogP contribution in [0.1, 0.15) is 24.2 Å². The normalized spacial score (nSPS) is 12.4. The lowest BCUT2D eigenvalue weighted by Gasteiger charge is -2.19. The van der Waals surface area contributed by atoms with Crippen LogP contribution in [0, 0.1) is 5.82 Å². The molecule has 2 nitrogen and oxygen atoms in total. The number of hydrogen-bond acceptors (Lipinski definition) is 2. The molecule has 21 heavy (non-hydrogen) atoms. The summed E-state index contributed by atoms with van der Waals surface area (Å²) in [5, 5.41) is 3.42. The van der Waals surface area contributed by atoms with Gasteiger partial charge in [0.25, 0.3) is 0 Å². The molecule has 1 N–H and O–H groups in total. The second-order valence-electron chi connectivity index (χ2n) is 4.58. The van der Waals surface area contributed by atoms with Crippen LogP contribution in [0.5, 0.6) is 0 Å². The van der Waals surface area contributed by atoms with Gasteiger partial charge in [-0.15, -0.1) is 0 Å². The van der Waals surface area contributed by atoms with E-state index in [1.165, 1.54) is 6.07 Å². The molecule has 1 aromatic heterocycles. The number of rotatable bonds is 5. The Balaban J connectivity index is 2.28. The molecule has 0 aliphatic carbocycles. The molecule has 0 aliphatic rings.